The molecular formula is C41H47ClN4O6. The molecule has 4 aromatic rings. The molecule has 0 aromatic heterocycles. The maximum absolute atomic E-state index is 12.7. The van der Waals surface area contributed by atoms with E-state index in [9.17, 15) is 19.8 Å². The quantitative estimate of drug-likeness (QED) is 0.0726. The van der Waals surface area contributed by atoms with Crippen molar-refractivity contribution in [1.82, 2.24) is 4.90 Å². The molecule has 0 bridgehead atoms. The number of hydrogen-bond acceptors (Lipinski definition) is 8. The maximum Gasteiger partial charge on any atom is 0.224 e. The van der Waals surface area contributed by atoms with Crippen molar-refractivity contribution in [2.75, 3.05) is 36.0 Å². The topological polar surface area (TPSA) is 146 Å². The van der Waals surface area contributed by atoms with Gasteiger partial charge < -0.3 is 41.0 Å². The molecule has 2 aliphatic rings. The standard InChI is InChI=1S/C41H47ClN4O6/c42-32-17-15-31(16-18-32)41(50)21-23-46(24-22-41)26-34-25-37(29-11-9-28(27-47)10-12-29)52-40(51-34)30-13-19-33(20-14-30)44-38(48)7-3-4-8-39(49)45-36-6-2-1-5-35(36)43/h1-2,5-6,9-20,34,37,40,47,50H,3-4,7-8,21-27,43H2,(H,44,48)(H,45,49)/t34-,37+,40+/m0/s1. The third-order valence-electron chi connectivity index (χ3n) is 9.90. The van der Waals surface area contributed by atoms with Gasteiger partial charge in [0.25, 0.3) is 0 Å². The summed E-state index contributed by atoms with van der Waals surface area (Å²) in [6.07, 6.45) is 2.64. The Labute approximate surface area is 309 Å². The molecule has 0 spiro atoms. The number of rotatable bonds is 13. The number of aliphatic hydroxyl groups is 2. The Balaban J connectivity index is 1.03. The van der Waals surface area contributed by atoms with Crippen LogP contribution in [0.15, 0.2) is 97.1 Å². The second kappa shape index (κ2) is 17.5. The monoisotopic (exact) mass is 726 g/mol. The van der Waals surface area contributed by atoms with Gasteiger partial charge in [-0.1, -0.05) is 72.3 Å². The van der Waals surface area contributed by atoms with Crippen LogP contribution in [0.25, 0.3) is 0 Å². The Morgan fingerprint density at radius 1 is 0.827 bits per heavy atom. The van der Waals surface area contributed by atoms with E-state index in [4.69, 9.17) is 26.8 Å². The Hall–Kier alpha value is -4.29. The summed E-state index contributed by atoms with van der Waals surface area (Å²) in [6.45, 7) is 2.12. The first-order chi connectivity index (χ1) is 25.2. The van der Waals surface area contributed by atoms with E-state index in [0.717, 1.165) is 35.3 Å². The van der Waals surface area contributed by atoms with Crippen LogP contribution in [0.4, 0.5) is 17.1 Å². The molecule has 6 N–H and O–H groups in total. The van der Waals surface area contributed by atoms with Crippen LogP contribution < -0.4 is 16.4 Å². The highest BCUT2D eigenvalue weighted by Gasteiger charge is 2.37. The van der Waals surface area contributed by atoms with Crippen LogP contribution in [0.1, 0.15) is 79.6 Å². The Morgan fingerprint density at radius 2 is 1.46 bits per heavy atom. The molecular weight excluding hydrogens is 680 g/mol. The summed E-state index contributed by atoms with van der Waals surface area (Å²) in [5, 5.41) is 27.4. The van der Waals surface area contributed by atoms with Gasteiger partial charge in [-0.05, 0) is 78.8 Å². The fourth-order valence-electron chi connectivity index (χ4n) is 6.82. The number of anilines is 3. The molecule has 10 nitrogen and oxygen atoms in total. The summed E-state index contributed by atoms with van der Waals surface area (Å²) in [7, 11) is 0. The Morgan fingerprint density at radius 3 is 2.12 bits per heavy atom. The molecule has 6 rings (SSSR count). The highest BCUT2D eigenvalue weighted by atomic mass is 35.5. The zero-order valence-corrected chi connectivity index (χ0v) is 29.9. The van der Waals surface area contributed by atoms with Gasteiger partial charge in [-0.25, -0.2) is 0 Å². The van der Waals surface area contributed by atoms with Gasteiger partial charge in [0.2, 0.25) is 11.8 Å². The summed E-state index contributed by atoms with van der Waals surface area (Å²) >= 11 is 6.08. The van der Waals surface area contributed by atoms with E-state index >= 15 is 0 Å². The highest BCUT2D eigenvalue weighted by Crippen LogP contribution is 2.40. The van der Waals surface area contributed by atoms with Crippen molar-refractivity contribution >= 4 is 40.5 Å². The highest BCUT2D eigenvalue weighted by molar-refractivity contribution is 6.30. The number of carbonyl (C=O) groups excluding carboxylic acids is 2. The summed E-state index contributed by atoms with van der Waals surface area (Å²) in [4.78, 5) is 27.3. The van der Waals surface area contributed by atoms with Crippen LogP contribution in [-0.4, -0.2) is 52.7 Å². The molecule has 0 aliphatic carbocycles. The first kappa shape index (κ1) is 37.5. The zero-order chi connectivity index (χ0) is 36.5. The number of nitrogens with zero attached hydrogens (tertiary/aromatic N) is 1. The lowest BCUT2D eigenvalue weighted by molar-refractivity contribution is -0.253. The van der Waals surface area contributed by atoms with Crippen LogP contribution in [0.3, 0.4) is 0 Å². The maximum atomic E-state index is 12.7. The summed E-state index contributed by atoms with van der Waals surface area (Å²) < 4.78 is 13.1. The van der Waals surface area contributed by atoms with Crippen LogP contribution in [-0.2, 0) is 31.3 Å². The van der Waals surface area contributed by atoms with E-state index < -0.39 is 11.9 Å². The van der Waals surface area contributed by atoms with E-state index in [-0.39, 0.29) is 30.6 Å². The van der Waals surface area contributed by atoms with E-state index in [2.05, 4.69) is 15.5 Å². The van der Waals surface area contributed by atoms with Gasteiger partial charge in [0.1, 0.15) is 0 Å². The van der Waals surface area contributed by atoms with E-state index in [0.29, 0.717) is 73.6 Å². The number of aliphatic hydroxyl groups excluding tert-OH is 1. The minimum absolute atomic E-state index is 0.0256. The number of nitrogens with one attached hydrogen (secondary N) is 2. The number of halogens is 1. The van der Waals surface area contributed by atoms with Gasteiger partial charge in [0.15, 0.2) is 6.29 Å². The average molecular weight is 727 g/mol. The smallest absolute Gasteiger partial charge is 0.224 e. The van der Waals surface area contributed by atoms with Gasteiger partial charge in [0, 0.05) is 55.2 Å². The van der Waals surface area contributed by atoms with Crippen molar-refractivity contribution in [1.29, 1.82) is 0 Å². The molecule has 274 valence electrons. The third-order valence-corrected chi connectivity index (χ3v) is 10.2. The van der Waals surface area contributed by atoms with Crippen molar-refractivity contribution in [3.8, 4) is 0 Å². The number of benzene rings is 4. The summed E-state index contributed by atoms with van der Waals surface area (Å²) in [6, 6.07) is 29.9. The number of unbranched alkanes of at least 4 members (excludes halogenated alkanes) is 1. The number of piperidine rings is 1. The molecule has 0 radical (unpaired) electrons. The number of para-hydroxylation sites is 2. The molecule has 0 saturated carbocycles. The van der Waals surface area contributed by atoms with Crippen LogP contribution >= 0.6 is 11.6 Å². The van der Waals surface area contributed by atoms with Gasteiger partial charge in [-0.15, -0.1) is 0 Å². The van der Waals surface area contributed by atoms with Gasteiger partial charge >= 0.3 is 0 Å². The molecule has 11 heteroatoms. The molecule has 2 saturated heterocycles. The largest absolute Gasteiger partial charge is 0.397 e. The number of carbonyl (C=O) groups is 2. The Bertz CT molecular complexity index is 1780. The molecule has 2 aliphatic heterocycles. The molecule has 2 heterocycles. The zero-order valence-electron chi connectivity index (χ0n) is 29.2. The molecule has 0 unspecified atom stereocenters. The third kappa shape index (κ3) is 9.97. The van der Waals surface area contributed by atoms with Crippen molar-refractivity contribution in [2.24, 2.45) is 0 Å². The second-order valence-electron chi connectivity index (χ2n) is 13.7. The van der Waals surface area contributed by atoms with E-state index in [1.165, 1.54) is 0 Å². The van der Waals surface area contributed by atoms with Gasteiger partial charge in [0.05, 0.1) is 35.8 Å². The van der Waals surface area contributed by atoms with Crippen molar-refractivity contribution < 1.29 is 29.3 Å². The molecule has 2 amide bonds. The predicted octanol–water partition coefficient (Wildman–Crippen LogP) is 7.08. The number of nitrogens with two attached hydrogens (primary N) is 1. The first-order valence-corrected chi connectivity index (χ1v) is 18.3. The van der Waals surface area contributed by atoms with Crippen molar-refractivity contribution in [3.05, 3.63) is 124 Å². The SMILES string of the molecule is Nc1ccccc1NC(=O)CCCCC(=O)Nc1ccc([C@@H]2O[C@H](CN3CCC(O)(c4ccc(Cl)cc4)CC3)C[C@H](c3ccc(CO)cc3)O2)cc1. The van der Waals surface area contributed by atoms with Crippen LogP contribution in [0.5, 0.6) is 0 Å². The number of hydrogen-bond donors (Lipinski definition) is 5. The predicted molar refractivity (Wildman–Crippen MR) is 202 cm³/mol. The van der Waals surface area contributed by atoms with E-state index in [1.54, 1.807) is 12.1 Å². The molecule has 4 aromatic carbocycles. The minimum Gasteiger partial charge on any atom is -0.397 e. The lowest BCUT2D eigenvalue weighted by Gasteiger charge is -2.42. The first-order valence-electron chi connectivity index (χ1n) is 17.9. The van der Waals surface area contributed by atoms with Crippen molar-refractivity contribution in [2.45, 2.75) is 75.7 Å². The van der Waals surface area contributed by atoms with Crippen LogP contribution in [0.2, 0.25) is 5.02 Å². The average Bonchev–Trinajstić information content (AvgIpc) is 3.16. The molecule has 52 heavy (non-hydrogen) atoms. The number of likely N-dealkylation sites (tertiary alicyclic amines) is 1. The van der Waals surface area contributed by atoms with Crippen LogP contribution in [0, 0.1) is 0 Å². The lowest BCUT2D eigenvalue weighted by Crippen LogP contribution is -2.46. The fourth-order valence-corrected chi connectivity index (χ4v) is 6.94. The van der Waals surface area contributed by atoms with Crippen molar-refractivity contribution in [3.63, 3.8) is 0 Å². The number of ether oxygens (including phenoxy) is 2. The molecule has 2 fully saturated rings. The fraction of sp³-hybridized carbons (Fsp3) is 0.366. The number of nitrogen functional groups attached to an aromatic ring is 1. The molecule has 3 atom stereocenters. The summed E-state index contributed by atoms with van der Waals surface area (Å²) in [5.74, 6) is -0.258. The minimum atomic E-state index is -0.886. The number of amides is 2. The van der Waals surface area contributed by atoms with Gasteiger partial charge in [-0.2, -0.15) is 0 Å². The second-order valence-corrected chi connectivity index (χ2v) is 14.1. The normalized spacial score (nSPS) is 20.2. The Kier molecular flexibility index (Phi) is 12.6. The van der Waals surface area contributed by atoms with Gasteiger partial charge in [-0.3, -0.25) is 9.59 Å². The summed E-state index contributed by atoms with van der Waals surface area (Å²) in [5.41, 5.74) is 10.3. The lowest BCUT2D eigenvalue weighted by atomic mass is 9.84. The van der Waals surface area contributed by atoms with E-state index in [1.807, 2.05) is 84.9 Å².